The number of methoxy groups -OCH3 is 2. The zero-order valence-electron chi connectivity index (χ0n) is 12.5. The molecule has 8 heteroatoms. The molecular weight excluding hydrogens is 320 g/mol. The van der Waals surface area contributed by atoms with Crippen LogP contribution >= 0.6 is 11.5 Å². The summed E-state index contributed by atoms with van der Waals surface area (Å²) in [5.41, 5.74) is 1.13. The molecular formula is C15H14N2O5S. The summed E-state index contributed by atoms with van der Waals surface area (Å²) < 4.78 is 13.4. The number of benzene rings is 1. The molecule has 1 heterocycles. The Morgan fingerprint density at radius 2 is 1.83 bits per heavy atom. The van der Waals surface area contributed by atoms with Crippen LogP contribution in [0.15, 0.2) is 30.3 Å². The molecule has 0 fully saturated rings. The van der Waals surface area contributed by atoms with E-state index in [9.17, 15) is 14.4 Å². The predicted molar refractivity (Wildman–Crippen MR) is 83.2 cm³/mol. The van der Waals surface area contributed by atoms with Crippen molar-refractivity contribution in [2.45, 2.75) is 0 Å². The van der Waals surface area contributed by atoms with Crippen LogP contribution in [0.4, 0.5) is 0 Å². The zero-order valence-corrected chi connectivity index (χ0v) is 13.3. The summed E-state index contributed by atoms with van der Waals surface area (Å²) in [5.74, 6) is -1.85. The fourth-order valence-electron chi connectivity index (χ4n) is 1.83. The minimum atomic E-state index is -0.666. The van der Waals surface area contributed by atoms with E-state index in [4.69, 9.17) is 4.74 Å². The van der Waals surface area contributed by atoms with Crippen molar-refractivity contribution in [2.75, 3.05) is 20.8 Å². The normalized spacial score (nSPS) is 10.0. The summed E-state index contributed by atoms with van der Waals surface area (Å²) in [5, 5.41) is 2.38. The third-order valence-electron chi connectivity index (χ3n) is 2.96. The predicted octanol–water partition coefficient (Wildman–Crippen LogP) is 1.50. The summed E-state index contributed by atoms with van der Waals surface area (Å²) in [6.07, 6.45) is 0. The molecule has 0 aliphatic heterocycles. The molecule has 2 rings (SSSR count). The smallest absolute Gasteiger partial charge is 0.341 e. The van der Waals surface area contributed by atoms with Gasteiger partial charge in [0.1, 0.15) is 17.0 Å². The Morgan fingerprint density at radius 1 is 1.13 bits per heavy atom. The van der Waals surface area contributed by atoms with E-state index < -0.39 is 17.8 Å². The molecule has 0 aliphatic rings. The highest BCUT2D eigenvalue weighted by Gasteiger charge is 2.27. The summed E-state index contributed by atoms with van der Waals surface area (Å²) in [4.78, 5) is 35.4. The van der Waals surface area contributed by atoms with Gasteiger partial charge in [-0.3, -0.25) is 9.59 Å². The first-order valence-electron chi connectivity index (χ1n) is 6.57. The van der Waals surface area contributed by atoms with E-state index in [1.165, 1.54) is 14.2 Å². The number of amides is 1. The van der Waals surface area contributed by atoms with Gasteiger partial charge in [-0.1, -0.05) is 30.3 Å². The zero-order chi connectivity index (χ0) is 16.8. The number of rotatable bonds is 5. The number of aromatic nitrogens is 1. The molecule has 0 bridgehead atoms. The Morgan fingerprint density at radius 3 is 2.43 bits per heavy atom. The van der Waals surface area contributed by atoms with E-state index in [1.54, 1.807) is 24.3 Å². The standard InChI is InChI=1S/C15H14N2O5S/c1-21-10(18)8-16-14(19)13-11(15(20)22-2)12(17-23-13)9-6-4-3-5-7-9/h3-7H,8H2,1-2H3,(H,16,19). The van der Waals surface area contributed by atoms with Crippen LogP contribution in [0.5, 0.6) is 0 Å². The molecule has 1 amide bonds. The lowest BCUT2D eigenvalue weighted by Gasteiger charge is -2.05. The molecule has 0 radical (unpaired) electrons. The monoisotopic (exact) mass is 334 g/mol. The van der Waals surface area contributed by atoms with E-state index in [2.05, 4.69) is 14.4 Å². The van der Waals surface area contributed by atoms with Crippen LogP contribution in [-0.4, -0.2) is 43.0 Å². The maximum absolute atomic E-state index is 12.2. The van der Waals surface area contributed by atoms with Gasteiger partial charge < -0.3 is 14.8 Å². The van der Waals surface area contributed by atoms with Crippen LogP contribution in [-0.2, 0) is 14.3 Å². The van der Waals surface area contributed by atoms with Gasteiger partial charge in [0.05, 0.1) is 19.9 Å². The first-order chi connectivity index (χ1) is 11.1. The van der Waals surface area contributed by atoms with E-state index in [0.717, 1.165) is 11.5 Å². The van der Waals surface area contributed by atoms with Crippen molar-refractivity contribution in [1.29, 1.82) is 0 Å². The van der Waals surface area contributed by atoms with Crippen molar-refractivity contribution in [3.05, 3.63) is 40.8 Å². The summed E-state index contributed by atoms with van der Waals surface area (Å²) in [6.45, 7) is -0.297. The Hall–Kier alpha value is -2.74. The number of hydrogen-bond acceptors (Lipinski definition) is 7. The number of carbonyl (C=O) groups excluding carboxylic acids is 3. The topological polar surface area (TPSA) is 94.6 Å². The van der Waals surface area contributed by atoms with Crippen molar-refractivity contribution in [3.63, 3.8) is 0 Å². The average molecular weight is 334 g/mol. The van der Waals surface area contributed by atoms with Gasteiger partial charge in [0, 0.05) is 5.56 Å². The van der Waals surface area contributed by atoms with Gasteiger partial charge in [-0.2, -0.15) is 4.37 Å². The number of esters is 2. The Balaban J connectivity index is 2.37. The fourth-order valence-corrected chi connectivity index (χ4v) is 2.64. The lowest BCUT2D eigenvalue weighted by molar-refractivity contribution is -0.139. The molecule has 1 N–H and O–H groups in total. The van der Waals surface area contributed by atoms with Crippen molar-refractivity contribution < 1.29 is 23.9 Å². The van der Waals surface area contributed by atoms with E-state index in [0.29, 0.717) is 11.3 Å². The highest BCUT2D eigenvalue weighted by Crippen LogP contribution is 2.29. The Labute approximate surface area is 136 Å². The van der Waals surface area contributed by atoms with E-state index in [1.807, 2.05) is 6.07 Å². The minimum absolute atomic E-state index is 0.0751. The molecule has 2 aromatic rings. The van der Waals surface area contributed by atoms with Crippen LogP contribution in [0.25, 0.3) is 11.3 Å². The number of ether oxygens (including phenoxy) is 2. The number of nitrogens with one attached hydrogen (secondary N) is 1. The molecule has 0 saturated carbocycles. The van der Waals surface area contributed by atoms with Gasteiger partial charge in [-0.25, -0.2) is 4.79 Å². The maximum Gasteiger partial charge on any atom is 0.341 e. The summed E-state index contributed by atoms with van der Waals surface area (Å²) in [7, 11) is 2.44. The van der Waals surface area contributed by atoms with Crippen LogP contribution in [0.3, 0.4) is 0 Å². The third kappa shape index (κ3) is 3.72. The van der Waals surface area contributed by atoms with Gasteiger partial charge in [0.15, 0.2) is 0 Å². The molecule has 120 valence electrons. The largest absolute Gasteiger partial charge is 0.468 e. The molecule has 0 aliphatic carbocycles. The number of nitrogens with zero attached hydrogens (tertiary/aromatic N) is 1. The van der Waals surface area contributed by atoms with Crippen LogP contribution in [0.2, 0.25) is 0 Å². The third-order valence-corrected chi connectivity index (χ3v) is 3.80. The van der Waals surface area contributed by atoms with Crippen molar-refractivity contribution in [1.82, 2.24) is 9.69 Å². The molecule has 0 saturated heterocycles. The highest BCUT2D eigenvalue weighted by atomic mass is 32.1. The SMILES string of the molecule is COC(=O)CNC(=O)c1snc(-c2ccccc2)c1C(=O)OC. The summed E-state index contributed by atoms with van der Waals surface area (Å²) >= 11 is 0.867. The molecule has 1 aromatic heterocycles. The van der Waals surface area contributed by atoms with Gasteiger partial charge in [0.25, 0.3) is 5.91 Å². The molecule has 0 unspecified atom stereocenters. The fraction of sp³-hybridized carbons (Fsp3) is 0.200. The van der Waals surface area contributed by atoms with Gasteiger partial charge in [-0.15, -0.1) is 0 Å². The molecule has 0 spiro atoms. The van der Waals surface area contributed by atoms with Gasteiger partial charge in [0.2, 0.25) is 0 Å². The van der Waals surface area contributed by atoms with E-state index >= 15 is 0 Å². The van der Waals surface area contributed by atoms with Gasteiger partial charge >= 0.3 is 11.9 Å². The van der Waals surface area contributed by atoms with Crippen LogP contribution < -0.4 is 5.32 Å². The Kier molecular flexibility index (Phi) is 5.42. The molecule has 7 nitrogen and oxygen atoms in total. The lowest BCUT2D eigenvalue weighted by Crippen LogP contribution is -2.30. The maximum atomic E-state index is 12.2. The minimum Gasteiger partial charge on any atom is -0.468 e. The number of carbonyl (C=O) groups is 3. The second-order valence-corrected chi connectivity index (χ2v) is 5.13. The quantitative estimate of drug-likeness (QED) is 0.833. The molecule has 1 aromatic carbocycles. The molecule has 23 heavy (non-hydrogen) atoms. The number of hydrogen-bond donors (Lipinski definition) is 1. The second kappa shape index (κ2) is 7.50. The first-order valence-corrected chi connectivity index (χ1v) is 7.34. The van der Waals surface area contributed by atoms with E-state index in [-0.39, 0.29) is 17.0 Å². The average Bonchev–Trinajstić information content (AvgIpc) is 3.04. The molecule has 0 atom stereocenters. The van der Waals surface area contributed by atoms with Crippen molar-refractivity contribution >= 4 is 29.4 Å². The summed E-state index contributed by atoms with van der Waals surface area (Å²) in [6, 6.07) is 8.98. The first kappa shape index (κ1) is 16.6. The Bertz CT molecular complexity index is 727. The van der Waals surface area contributed by atoms with Crippen LogP contribution in [0.1, 0.15) is 20.0 Å². The second-order valence-electron chi connectivity index (χ2n) is 4.35. The van der Waals surface area contributed by atoms with Crippen molar-refractivity contribution in [2.24, 2.45) is 0 Å². The lowest BCUT2D eigenvalue weighted by atomic mass is 10.1. The highest BCUT2D eigenvalue weighted by molar-refractivity contribution is 7.08. The van der Waals surface area contributed by atoms with Gasteiger partial charge in [-0.05, 0) is 11.5 Å². The van der Waals surface area contributed by atoms with Crippen LogP contribution in [0, 0.1) is 0 Å². The van der Waals surface area contributed by atoms with Crippen molar-refractivity contribution in [3.8, 4) is 11.3 Å².